The summed E-state index contributed by atoms with van der Waals surface area (Å²) in [5.74, 6) is -2.69. The number of aromatic carboxylic acids is 1. The van der Waals surface area contributed by atoms with E-state index in [-0.39, 0.29) is 29.1 Å². The smallest absolute Gasteiger partial charge is 0.343 e. The van der Waals surface area contributed by atoms with Gasteiger partial charge in [0.05, 0.1) is 26.5 Å². The molecule has 0 aromatic carbocycles. The summed E-state index contributed by atoms with van der Waals surface area (Å²) in [5.41, 5.74) is -8.66. The number of hydrogen-bond acceptors (Lipinski definition) is 12. The Morgan fingerprint density at radius 2 is 1.23 bits per heavy atom. The fraction of sp³-hybridized carbons (Fsp3) is 0.655. The Morgan fingerprint density at radius 3 is 1.43 bits per heavy atom. The Kier molecular flexibility index (Phi) is 20.3. The first-order chi connectivity index (χ1) is 21.0. The van der Waals surface area contributed by atoms with Crippen molar-refractivity contribution < 1.29 is 70.3 Å². The highest BCUT2D eigenvalue weighted by molar-refractivity contribution is 5.90. The van der Waals surface area contributed by atoms with Gasteiger partial charge in [-0.25, -0.2) is 36.3 Å². The van der Waals surface area contributed by atoms with Crippen molar-refractivity contribution >= 4 is 24.1 Å². The lowest BCUT2D eigenvalue weighted by Crippen LogP contribution is -2.26. The van der Waals surface area contributed by atoms with Crippen LogP contribution >= 0.6 is 0 Å². The number of ether oxygens (including phenoxy) is 2. The minimum atomic E-state index is -1.85. The van der Waals surface area contributed by atoms with Gasteiger partial charge in [-0.2, -0.15) is 0 Å². The van der Waals surface area contributed by atoms with Crippen molar-refractivity contribution in [2.24, 2.45) is 5.16 Å². The highest BCUT2D eigenvalue weighted by Crippen LogP contribution is 2.27. The molecule has 3 N–H and O–H groups in total. The normalized spacial score (nSPS) is 11.7. The second-order valence-corrected chi connectivity index (χ2v) is 11.8. The second-order valence-electron chi connectivity index (χ2n) is 11.8. The van der Waals surface area contributed by atoms with Crippen LogP contribution in [0.1, 0.15) is 108 Å². The average molecular weight is 692 g/mol. The van der Waals surface area contributed by atoms with Crippen molar-refractivity contribution in [3.8, 4) is 0 Å². The molecule has 272 valence electrons. The number of esters is 2. The van der Waals surface area contributed by atoms with Gasteiger partial charge in [-0.15, -0.1) is 0 Å². The zero-order valence-electron chi connectivity index (χ0n) is 28.6. The number of aromatic nitrogens is 2. The highest BCUT2D eigenvalue weighted by atomic mass is 19.2. The molecule has 0 aliphatic heterocycles. The molecule has 0 aliphatic rings. The maximum atomic E-state index is 13.5. The standard InChI is InChI=1S/C9H12FNO3.C7H8FNO3.C5H9FO2.C4H8FNO.C4H9FO/c1-4-13-8(12)6-5-14-11-7(6)9(2,3)10;1-7(2,8)5-4(6(10)11)3-12-9-5;1-5(2,6)4(7)8-3;1-4(2,5)3-6-7;1-4(2,5)3-6/h5H,4H2,1-3H3;3H,1-2H3,(H,10,11);1-3H3;3,7H,1-2H3;6H,3H2,1-2H3/b;;;6-3+;. The van der Waals surface area contributed by atoms with E-state index in [0.717, 1.165) is 39.7 Å². The summed E-state index contributed by atoms with van der Waals surface area (Å²) in [6.07, 6.45) is 2.83. The van der Waals surface area contributed by atoms with E-state index >= 15 is 0 Å². The number of nitrogens with zero attached hydrogens (tertiary/aromatic N) is 3. The van der Waals surface area contributed by atoms with E-state index in [4.69, 9.17) is 20.2 Å². The van der Waals surface area contributed by atoms with Crippen molar-refractivity contribution in [2.75, 3.05) is 20.3 Å². The van der Waals surface area contributed by atoms with Gasteiger partial charge in [-0.3, -0.25) is 0 Å². The average Bonchev–Trinajstić information content (AvgIpc) is 3.59. The number of carboxylic acids is 1. The Hall–Kier alpha value is -4.09. The molecule has 0 radical (unpaired) electrons. The van der Waals surface area contributed by atoms with Gasteiger partial charge in [-0.05, 0) is 76.2 Å². The van der Waals surface area contributed by atoms with Crippen LogP contribution in [0.5, 0.6) is 0 Å². The predicted molar refractivity (Wildman–Crippen MR) is 159 cm³/mol. The number of methoxy groups -OCH3 is 1. The molecule has 0 spiro atoms. The molecule has 2 aromatic rings. The zero-order chi connectivity index (χ0) is 38.0. The van der Waals surface area contributed by atoms with Crippen LogP contribution < -0.4 is 0 Å². The molecular formula is C29H46F5N3O10. The maximum Gasteiger partial charge on any atom is 0.343 e. The maximum absolute atomic E-state index is 13.5. The van der Waals surface area contributed by atoms with Gasteiger partial charge in [0.2, 0.25) is 5.67 Å². The summed E-state index contributed by atoms with van der Waals surface area (Å²) < 4.78 is 80.7. The lowest BCUT2D eigenvalue weighted by atomic mass is 10.0. The lowest BCUT2D eigenvalue weighted by Gasteiger charge is -2.11. The molecule has 13 nitrogen and oxygen atoms in total. The first kappa shape index (κ1) is 47.3. The van der Waals surface area contributed by atoms with Crippen molar-refractivity contribution in [1.82, 2.24) is 10.3 Å². The number of oxime groups is 1. The molecule has 0 saturated heterocycles. The SMILES string of the molecule is CC(C)(F)/C=N/O.CC(C)(F)CO.CC(C)(F)c1nocc1C(=O)O.CCOC(=O)c1conc1C(C)(C)F.COC(=O)C(C)(C)F. The van der Waals surface area contributed by atoms with Crippen LogP contribution in [0.15, 0.2) is 26.7 Å². The van der Waals surface area contributed by atoms with Crippen LogP contribution in [-0.2, 0) is 25.6 Å². The first-order valence-corrected chi connectivity index (χ1v) is 13.6. The molecule has 0 aliphatic carbocycles. The monoisotopic (exact) mass is 691 g/mol. The van der Waals surface area contributed by atoms with E-state index in [1.165, 1.54) is 55.4 Å². The molecule has 2 aromatic heterocycles. The number of alkyl halides is 5. The highest BCUT2D eigenvalue weighted by Gasteiger charge is 2.31. The van der Waals surface area contributed by atoms with E-state index in [1.807, 2.05) is 0 Å². The lowest BCUT2D eigenvalue weighted by molar-refractivity contribution is -0.152. The van der Waals surface area contributed by atoms with Crippen molar-refractivity contribution in [3.05, 3.63) is 35.0 Å². The van der Waals surface area contributed by atoms with Gasteiger partial charge in [-0.1, -0.05) is 15.5 Å². The number of hydrogen-bond donors (Lipinski definition) is 3. The fourth-order valence-corrected chi connectivity index (χ4v) is 2.22. The quantitative estimate of drug-likeness (QED) is 0.0900. The summed E-state index contributed by atoms with van der Waals surface area (Å²) in [4.78, 5) is 32.0. The Morgan fingerprint density at radius 1 is 0.851 bits per heavy atom. The summed E-state index contributed by atoms with van der Waals surface area (Å²) in [6.45, 7) is 14.1. The molecule has 18 heteroatoms. The summed E-state index contributed by atoms with van der Waals surface area (Å²) in [7, 11) is 1.16. The first-order valence-electron chi connectivity index (χ1n) is 13.6. The third-order valence-electron chi connectivity index (χ3n) is 4.40. The Balaban J connectivity index is -0.000000536. The number of carbonyl (C=O) groups excluding carboxylic acids is 2. The minimum Gasteiger partial charge on any atom is -0.478 e. The van der Waals surface area contributed by atoms with E-state index < -0.39 is 52.9 Å². The topological polar surface area (TPSA) is 195 Å². The summed E-state index contributed by atoms with van der Waals surface area (Å²) in [5, 5.41) is 33.5. The van der Waals surface area contributed by atoms with Crippen LogP contribution in [0.25, 0.3) is 0 Å². The molecule has 47 heavy (non-hydrogen) atoms. The van der Waals surface area contributed by atoms with Crippen molar-refractivity contribution in [3.63, 3.8) is 0 Å². The fourth-order valence-electron chi connectivity index (χ4n) is 2.22. The van der Waals surface area contributed by atoms with Gasteiger partial charge in [0, 0.05) is 0 Å². The molecule has 2 rings (SSSR count). The molecule has 0 amide bonds. The van der Waals surface area contributed by atoms with E-state index in [0.29, 0.717) is 0 Å². The summed E-state index contributed by atoms with van der Waals surface area (Å²) in [6, 6.07) is 0. The second kappa shape index (κ2) is 20.2. The van der Waals surface area contributed by atoms with Gasteiger partial charge in [0.1, 0.15) is 46.4 Å². The Labute approximate surface area is 270 Å². The molecule has 0 atom stereocenters. The molecule has 0 saturated carbocycles. The zero-order valence-corrected chi connectivity index (χ0v) is 28.6. The van der Waals surface area contributed by atoms with Crippen LogP contribution in [0.3, 0.4) is 0 Å². The Bertz CT molecular complexity index is 1230. The van der Waals surface area contributed by atoms with Gasteiger partial charge < -0.3 is 33.9 Å². The van der Waals surface area contributed by atoms with Crippen LogP contribution in [0, 0.1) is 0 Å². The number of aliphatic hydroxyl groups excluding tert-OH is 1. The number of carboxylic acid groups (broad SMARTS) is 1. The number of halogens is 5. The minimum absolute atomic E-state index is 0.0315. The molecule has 0 unspecified atom stereocenters. The molecule has 0 bridgehead atoms. The van der Waals surface area contributed by atoms with Crippen LogP contribution in [-0.4, -0.2) is 87.2 Å². The van der Waals surface area contributed by atoms with Gasteiger partial charge >= 0.3 is 17.9 Å². The molecule has 0 fully saturated rings. The van der Waals surface area contributed by atoms with Crippen molar-refractivity contribution in [2.45, 2.75) is 105 Å². The third kappa shape index (κ3) is 23.0. The van der Waals surface area contributed by atoms with Crippen LogP contribution in [0.2, 0.25) is 0 Å². The van der Waals surface area contributed by atoms with E-state index in [1.54, 1.807) is 6.92 Å². The number of carbonyl (C=O) groups is 3. The van der Waals surface area contributed by atoms with E-state index in [9.17, 15) is 36.3 Å². The largest absolute Gasteiger partial charge is 0.478 e. The molecular weight excluding hydrogens is 645 g/mol. The number of rotatable bonds is 8. The molecule has 2 heterocycles. The van der Waals surface area contributed by atoms with Crippen molar-refractivity contribution in [1.29, 1.82) is 0 Å². The predicted octanol–water partition coefficient (Wildman–Crippen LogP) is 6.46. The van der Waals surface area contributed by atoms with Gasteiger partial charge in [0.15, 0.2) is 11.3 Å². The van der Waals surface area contributed by atoms with Gasteiger partial charge in [0.25, 0.3) is 0 Å². The third-order valence-corrected chi connectivity index (χ3v) is 4.40. The number of aliphatic hydroxyl groups is 1. The van der Waals surface area contributed by atoms with Crippen LogP contribution in [0.4, 0.5) is 22.0 Å². The van der Waals surface area contributed by atoms with E-state index in [2.05, 4.69) is 29.3 Å². The summed E-state index contributed by atoms with van der Waals surface area (Å²) >= 11 is 0.